The quantitative estimate of drug-likeness (QED) is 0.144. The molecule has 218 valence electrons. The molecule has 1 saturated heterocycles. The molecule has 0 aliphatic carbocycles. The highest BCUT2D eigenvalue weighted by Crippen LogP contribution is 2.29. The van der Waals surface area contributed by atoms with E-state index in [1.54, 1.807) is 42.1 Å². The molecule has 11 heteroatoms. The van der Waals surface area contributed by atoms with Crippen molar-refractivity contribution in [2.45, 2.75) is 37.4 Å². The van der Waals surface area contributed by atoms with Crippen LogP contribution in [-0.2, 0) is 11.2 Å². The average molecular weight is 643 g/mol. The maximum absolute atomic E-state index is 13.0. The maximum Gasteiger partial charge on any atom is 0.254 e. The van der Waals surface area contributed by atoms with Crippen LogP contribution in [0.2, 0.25) is 15.1 Å². The van der Waals surface area contributed by atoms with Crippen molar-refractivity contribution in [3.63, 3.8) is 0 Å². The molecular formula is C31H30Cl3N5O2S. The van der Waals surface area contributed by atoms with E-state index >= 15 is 0 Å². The molecule has 7 nitrogen and oxygen atoms in total. The molecule has 3 aromatic carbocycles. The van der Waals surface area contributed by atoms with Crippen LogP contribution >= 0.6 is 46.6 Å². The minimum atomic E-state index is -0.0759. The first-order valence-electron chi connectivity index (χ1n) is 13.7. The number of thioether (sulfide) groups is 1. The first-order chi connectivity index (χ1) is 20.3. The number of benzene rings is 3. The number of rotatable bonds is 9. The van der Waals surface area contributed by atoms with Gasteiger partial charge in [-0.25, -0.2) is 0 Å². The zero-order valence-corrected chi connectivity index (χ0v) is 26.1. The zero-order valence-electron chi connectivity index (χ0n) is 23.1. The third-order valence-electron chi connectivity index (χ3n) is 7.17. The fourth-order valence-electron chi connectivity index (χ4n) is 4.96. The molecule has 0 saturated carbocycles. The fraction of sp³-hybridized carbons (Fsp3) is 0.290. The van der Waals surface area contributed by atoms with Crippen molar-refractivity contribution in [2.75, 3.05) is 25.4 Å². The van der Waals surface area contributed by atoms with E-state index in [2.05, 4.69) is 22.3 Å². The number of carbonyl (C=O) groups excluding carboxylic acids is 2. The van der Waals surface area contributed by atoms with Gasteiger partial charge in [0.15, 0.2) is 5.16 Å². The lowest BCUT2D eigenvalue weighted by Gasteiger charge is -2.40. The summed E-state index contributed by atoms with van der Waals surface area (Å²) < 4.78 is 2.00. The van der Waals surface area contributed by atoms with E-state index in [0.29, 0.717) is 65.3 Å². The van der Waals surface area contributed by atoms with Gasteiger partial charge < -0.3 is 9.80 Å². The molecule has 1 unspecified atom stereocenters. The summed E-state index contributed by atoms with van der Waals surface area (Å²) in [5, 5.41) is 11.2. The summed E-state index contributed by atoms with van der Waals surface area (Å²) in [5.41, 5.74) is 2.56. The second-order valence-electron chi connectivity index (χ2n) is 10.1. The summed E-state index contributed by atoms with van der Waals surface area (Å²) in [4.78, 5) is 29.7. The Bertz CT molecular complexity index is 1550. The van der Waals surface area contributed by atoms with Crippen LogP contribution in [0.1, 0.15) is 41.5 Å². The molecule has 0 radical (unpaired) electrons. The molecule has 0 bridgehead atoms. The minimum Gasteiger partial charge on any atom is -0.339 e. The van der Waals surface area contributed by atoms with Crippen molar-refractivity contribution in [1.29, 1.82) is 0 Å². The fourth-order valence-corrected chi connectivity index (χ4v) is 6.29. The van der Waals surface area contributed by atoms with Gasteiger partial charge in [-0.05, 0) is 61.4 Å². The summed E-state index contributed by atoms with van der Waals surface area (Å²) in [5.74, 6) is 1.54. The predicted octanol–water partition coefficient (Wildman–Crippen LogP) is 7.06. The number of piperazine rings is 1. The normalized spacial score (nSPS) is 15.2. The Morgan fingerprint density at radius 3 is 2.40 bits per heavy atom. The summed E-state index contributed by atoms with van der Waals surface area (Å²) in [6.07, 6.45) is 1.71. The molecule has 1 aliphatic heterocycles. The number of hydrogen-bond acceptors (Lipinski definition) is 5. The molecule has 5 rings (SSSR count). The summed E-state index contributed by atoms with van der Waals surface area (Å²) in [6.45, 7) is 3.51. The number of halogens is 3. The van der Waals surface area contributed by atoms with E-state index in [1.807, 2.05) is 51.6 Å². The van der Waals surface area contributed by atoms with Crippen molar-refractivity contribution < 1.29 is 9.59 Å². The Hall–Kier alpha value is -3.04. The van der Waals surface area contributed by atoms with E-state index in [1.165, 1.54) is 0 Å². The molecule has 4 aromatic rings. The van der Waals surface area contributed by atoms with E-state index in [9.17, 15) is 9.59 Å². The average Bonchev–Trinajstić information content (AvgIpc) is 3.39. The lowest BCUT2D eigenvalue weighted by Crippen LogP contribution is -2.55. The third kappa shape index (κ3) is 7.29. The maximum atomic E-state index is 13.0. The number of hydrogen-bond donors (Lipinski definition) is 0. The lowest BCUT2D eigenvalue weighted by atomic mass is 10.1. The van der Waals surface area contributed by atoms with Crippen LogP contribution in [-0.4, -0.2) is 67.8 Å². The van der Waals surface area contributed by atoms with Crippen LogP contribution in [0.5, 0.6) is 0 Å². The summed E-state index contributed by atoms with van der Waals surface area (Å²) in [7, 11) is 0. The SMILES string of the molecule is CC1CN(C(=O)CCCSc2nnc(Cc3ccccc3)n2-c2ccc(Cl)c(Cl)c2)CCN1C(=O)c1ccc(Cl)cc1. The molecule has 1 fully saturated rings. The number of aromatic nitrogens is 3. The largest absolute Gasteiger partial charge is 0.339 e. The van der Waals surface area contributed by atoms with Gasteiger partial charge in [0.05, 0.1) is 15.7 Å². The zero-order chi connectivity index (χ0) is 29.6. The van der Waals surface area contributed by atoms with Gasteiger partial charge in [-0.3, -0.25) is 14.2 Å². The number of carbonyl (C=O) groups is 2. The van der Waals surface area contributed by atoms with Gasteiger partial charge in [0.1, 0.15) is 5.82 Å². The Morgan fingerprint density at radius 2 is 1.69 bits per heavy atom. The molecule has 1 aromatic heterocycles. The summed E-state index contributed by atoms with van der Waals surface area (Å²) in [6, 6.07) is 22.4. The molecule has 42 heavy (non-hydrogen) atoms. The van der Waals surface area contributed by atoms with Crippen molar-refractivity contribution in [3.8, 4) is 5.69 Å². The summed E-state index contributed by atoms with van der Waals surface area (Å²) >= 11 is 20.0. The third-order valence-corrected chi connectivity index (χ3v) is 9.17. The van der Waals surface area contributed by atoms with E-state index in [-0.39, 0.29) is 17.9 Å². The number of amides is 2. The molecule has 1 atom stereocenters. The minimum absolute atomic E-state index is 0.0413. The van der Waals surface area contributed by atoms with Crippen LogP contribution in [0.15, 0.2) is 78.0 Å². The van der Waals surface area contributed by atoms with Crippen molar-refractivity contribution in [1.82, 2.24) is 24.6 Å². The van der Waals surface area contributed by atoms with Gasteiger partial charge >= 0.3 is 0 Å². The lowest BCUT2D eigenvalue weighted by molar-refractivity contribution is -0.133. The van der Waals surface area contributed by atoms with Gasteiger partial charge in [0, 0.05) is 54.9 Å². The number of nitrogens with zero attached hydrogens (tertiary/aromatic N) is 5. The second-order valence-corrected chi connectivity index (χ2v) is 12.5. The van der Waals surface area contributed by atoms with E-state index < -0.39 is 0 Å². The molecule has 0 spiro atoms. The van der Waals surface area contributed by atoms with Crippen molar-refractivity contribution >= 4 is 58.4 Å². The van der Waals surface area contributed by atoms with Crippen LogP contribution in [0, 0.1) is 0 Å². The van der Waals surface area contributed by atoms with E-state index in [0.717, 1.165) is 22.2 Å². The van der Waals surface area contributed by atoms with Crippen molar-refractivity contribution in [2.24, 2.45) is 0 Å². The van der Waals surface area contributed by atoms with Gasteiger partial charge in [-0.15, -0.1) is 10.2 Å². The molecule has 0 N–H and O–H groups in total. The highest BCUT2D eigenvalue weighted by atomic mass is 35.5. The molecule has 2 amide bonds. The van der Waals surface area contributed by atoms with Crippen LogP contribution < -0.4 is 0 Å². The van der Waals surface area contributed by atoms with Crippen LogP contribution in [0.4, 0.5) is 0 Å². The predicted molar refractivity (Wildman–Crippen MR) is 169 cm³/mol. The highest BCUT2D eigenvalue weighted by Gasteiger charge is 2.30. The monoisotopic (exact) mass is 641 g/mol. The Kier molecular flexibility index (Phi) is 10.1. The van der Waals surface area contributed by atoms with Crippen LogP contribution in [0.3, 0.4) is 0 Å². The Morgan fingerprint density at radius 1 is 0.929 bits per heavy atom. The molecular weight excluding hydrogens is 613 g/mol. The molecule has 2 heterocycles. The first-order valence-corrected chi connectivity index (χ1v) is 15.8. The van der Waals surface area contributed by atoms with Gasteiger partial charge in [-0.2, -0.15) is 0 Å². The Labute approximate surface area is 264 Å². The van der Waals surface area contributed by atoms with E-state index in [4.69, 9.17) is 34.8 Å². The van der Waals surface area contributed by atoms with Gasteiger partial charge in [-0.1, -0.05) is 76.9 Å². The molecule has 1 aliphatic rings. The van der Waals surface area contributed by atoms with Crippen molar-refractivity contribution in [3.05, 3.63) is 105 Å². The second kappa shape index (κ2) is 14.0. The van der Waals surface area contributed by atoms with Gasteiger partial charge in [0.25, 0.3) is 5.91 Å². The first kappa shape index (κ1) is 30.4. The Balaban J connectivity index is 1.18. The topological polar surface area (TPSA) is 71.3 Å². The standard InChI is InChI=1S/C31H30Cl3N5O2S/c1-21-20-37(15-16-38(21)30(41)23-9-11-24(32)12-10-23)29(40)8-5-17-42-31-36-35-28(18-22-6-3-2-4-7-22)39(31)25-13-14-26(33)27(34)19-25/h2-4,6-7,9-14,19,21H,5,8,15-18,20H2,1H3. The van der Waals surface area contributed by atoms with Gasteiger partial charge in [0.2, 0.25) is 5.91 Å². The highest BCUT2D eigenvalue weighted by molar-refractivity contribution is 7.99. The smallest absolute Gasteiger partial charge is 0.254 e. The van der Waals surface area contributed by atoms with Crippen LogP contribution in [0.25, 0.3) is 5.69 Å².